The summed E-state index contributed by atoms with van der Waals surface area (Å²) in [4.78, 5) is 29.7. The monoisotopic (exact) mass is 443 g/mol. The molecule has 7 nitrogen and oxygen atoms in total. The molecule has 2 N–H and O–H groups in total. The van der Waals surface area contributed by atoms with Crippen LogP contribution in [0.15, 0.2) is 18.2 Å². The molecule has 2 saturated heterocycles. The Hall–Kier alpha value is -2.79. The van der Waals surface area contributed by atoms with Crippen molar-refractivity contribution in [1.29, 1.82) is 0 Å². The molecule has 1 aliphatic carbocycles. The first kappa shape index (κ1) is 22.4. The molecule has 3 fully saturated rings. The summed E-state index contributed by atoms with van der Waals surface area (Å²) in [6.45, 7) is 1.66. The van der Waals surface area contributed by atoms with Gasteiger partial charge in [0.1, 0.15) is 5.82 Å². The van der Waals surface area contributed by atoms with E-state index in [1.165, 1.54) is 6.07 Å². The Balaban J connectivity index is 1.50. The number of amides is 2. The summed E-state index contributed by atoms with van der Waals surface area (Å²) in [5.74, 6) is 1.91. The van der Waals surface area contributed by atoms with E-state index in [9.17, 15) is 19.8 Å². The van der Waals surface area contributed by atoms with Crippen LogP contribution >= 0.6 is 0 Å². The van der Waals surface area contributed by atoms with Gasteiger partial charge in [-0.15, -0.1) is 6.42 Å². The highest BCUT2D eigenvalue weighted by Crippen LogP contribution is 2.44. The van der Waals surface area contributed by atoms with Gasteiger partial charge in [0, 0.05) is 25.7 Å². The predicted molar refractivity (Wildman–Crippen MR) is 119 cm³/mol. The summed E-state index contributed by atoms with van der Waals surface area (Å²) in [7, 11) is 0. The Morgan fingerprint density at radius 2 is 2.00 bits per heavy atom. The molecule has 1 aromatic carbocycles. The number of aliphatic hydroxyl groups is 1. The van der Waals surface area contributed by atoms with Gasteiger partial charge in [-0.05, 0) is 63.1 Å². The Labute approximate surface area is 187 Å². The van der Waals surface area contributed by atoms with E-state index >= 15 is 4.39 Å². The van der Waals surface area contributed by atoms with Crippen molar-refractivity contribution in [1.82, 2.24) is 4.90 Å². The van der Waals surface area contributed by atoms with Gasteiger partial charge in [0.15, 0.2) is 0 Å². The molecule has 4 rings (SSSR count). The summed E-state index contributed by atoms with van der Waals surface area (Å²) >= 11 is 0. The van der Waals surface area contributed by atoms with Gasteiger partial charge in [0.25, 0.3) is 0 Å². The van der Waals surface area contributed by atoms with Crippen LogP contribution in [-0.4, -0.2) is 65.4 Å². The van der Waals surface area contributed by atoms with Gasteiger partial charge in [-0.25, -0.2) is 9.18 Å². The molecule has 2 amide bonds. The standard InChI is InChI=1S/C24H30FN3O4/c1-2-12-28(23(31)32)18-6-9-21(20(25)15-18)26-13-3-10-24(16-26)11-14-27(22(24)30)17-4-7-19(29)8-5-17/h1,6,9,15,17,19,29H,3-5,7-8,10-14,16H2,(H,31,32)/t17-,19-,24?. The van der Waals surface area contributed by atoms with E-state index in [1.807, 2.05) is 9.80 Å². The number of piperidine rings is 1. The molecule has 1 spiro atoms. The van der Waals surface area contributed by atoms with E-state index in [0.717, 1.165) is 49.8 Å². The van der Waals surface area contributed by atoms with Crippen LogP contribution in [0.1, 0.15) is 44.9 Å². The summed E-state index contributed by atoms with van der Waals surface area (Å²) in [5.41, 5.74) is 0.0626. The number of anilines is 2. The largest absolute Gasteiger partial charge is 0.465 e. The molecule has 0 aromatic heterocycles. The molecule has 1 unspecified atom stereocenters. The number of hydrogen-bond acceptors (Lipinski definition) is 4. The van der Waals surface area contributed by atoms with Gasteiger partial charge < -0.3 is 20.0 Å². The number of carbonyl (C=O) groups is 2. The fraction of sp³-hybridized carbons (Fsp3) is 0.583. The molecule has 172 valence electrons. The predicted octanol–water partition coefficient (Wildman–Crippen LogP) is 3.07. The quantitative estimate of drug-likeness (QED) is 0.699. The number of likely N-dealkylation sites (tertiary alicyclic amines) is 1. The maximum absolute atomic E-state index is 15.0. The van der Waals surface area contributed by atoms with Crippen molar-refractivity contribution in [3.63, 3.8) is 0 Å². The topological polar surface area (TPSA) is 84.3 Å². The highest BCUT2D eigenvalue weighted by atomic mass is 19.1. The summed E-state index contributed by atoms with van der Waals surface area (Å²) < 4.78 is 15.0. The van der Waals surface area contributed by atoms with Crippen LogP contribution in [0.2, 0.25) is 0 Å². The first-order valence-electron chi connectivity index (χ1n) is 11.3. The molecule has 0 bridgehead atoms. The molecule has 32 heavy (non-hydrogen) atoms. The number of hydrogen-bond donors (Lipinski definition) is 2. The zero-order chi connectivity index (χ0) is 22.9. The third-order valence-corrected chi connectivity index (χ3v) is 7.29. The van der Waals surface area contributed by atoms with Crippen molar-refractivity contribution in [2.45, 2.75) is 57.1 Å². The number of aliphatic hydroxyl groups excluding tert-OH is 1. The SMILES string of the molecule is C#CCN(C(=O)O)c1ccc(N2CCCC3(CCN([C@H]4CC[C@H](O)CC4)C3=O)C2)c(F)c1. The molecule has 2 aliphatic heterocycles. The third-order valence-electron chi connectivity index (χ3n) is 7.29. The summed E-state index contributed by atoms with van der Waals surface area (Å²) in [6, 6.07) is 4.52. The molecule has 1 saturated carbocycles. The molecule has 1 atom stereocenters. The van der Waals surface area contributed by atoms with E-state index in [2.05, 4.69) is 5.92 Å². The van der Waals surface area contributed by atoms with Gasteiger partial charge >= 0.3 is 6.09 Å². The zero-order valence-corrected chi connectivity index (χ0v) is 18.2. The van der Waals surface area contributed by atoms with Gasteiger partial charge in [-0.2, -0.15) is 0 Å². The van der Waals surface area contributed by atoms with Crippen LogP contribution in [0.3, 0.4) is 0 Å². The van der Waals surface area contributed by atoms with E-state index < -0.39 is 17.3 Å². The lowest BCUT2D eigenvalue weighted by molar-refractivity contribution is -0.139. The molecule has 2 heterocycles. The molecular formula is C24H30FN3O4. The normalized spacial score (nSPS) is 28.1. The second-order valence-corrected chi connectivity index (χ2v) is 9.22. The number of carbonyl (C=O) groups excluding carboxylic acids is 1. The van der Waals surface area contributed by atoms with Crippen LogP contribution in [0.4, 0.5) is 20.6 Å². The van der Waals surface area contributed by atoms with Crippen molar-refractivity contribution in [3.05, 3.63) is 24.0 Å². The molecule has 0 radical (unpaired) electrons. The lowest BCUT2D eigenvalue weighted by Crippen LogP contribution is -2.50. The number of nitrogens with zero attached hydrogens (tertiary/aromatic N) is 3. The van der Waals surface area contributed by atoms with E-state index in [0.29, 0.717) is 25.3 Å². The zero-order valence-electron chi connectivity index (χ0n) is 18.2. The average molecular weight is 444 g/mol. The lowest BCUT2D eigenvalue weighted by Gasteiger charge is -2.41. The Kier molecular flexibility index (Phi) is 6.29. The Morgan fingerprint density at radius 3 is 2.66 bits per heavy atom. The van der Waals surface area contributed by atoms with E-state index in [1.54, 1.807) is 12.1 Å². The van der Waals surface area contributed by atoms with Gasteiger partial charge in [-0.3, -0.25) is 9.69 Å². The first-order chi connectivity index (χ1) is 15.3. The minimum atomic E-state index is -1.24. The number of terminal acetylenes is 1. The molecule has 8 heteroatoms. The fourth-order valence-corrected chi connectivity index (χ4v) is 5.56. The van der Waals surface area contributed by atoms with Crippen LogP contribution in [0.5, 0.6) is 0 Å². The summed E-state index contributed by atoms with van der Waals surface area (Å²) in [6.07, 6.45) is 9.23. The van der Waals surface area contributed by atoms with Crippen LogP contribution < -0.4 is 9.80 Å². The van der Waals surface area contributed by atoms with Crippen molar-refractivity contribution in [3.8, 4) is 12.3 Å². The molecular weight excluding hydrogens is 413 g/mol. The highest BCUT2D eigenvalue weighted by Gasteiger charge is 2.50. The second kappa shape index (κ2) is 8.99. The smallest absolute Gasteiger partial charge is 0.412 e. The number of benzene rings is 1. The van der Waals surface area contributed by atoms with Crippen molar-refractivity contribution in [2.24, 2.45) is 5.41 Å². The molecule has 1 aromatic rings. The summed E-state index contributed by atoms with van der Waals surface area (Å²) in [5, 5.41) is 19.1. The van der Waals surface area contributed by atoms with Gasteiger partial charge in [-0.1, -0.05) is 5.92 Å². The van der Waals surface area contributed by atoms with E-state index in [4.69, 9.17) is 6.42 Å². The number of halogens is 1. The molecule has 3 aliphatic rings. The maximum Gasteiger partial charge on any atom is 0.412 e. The van der Waals surface area contributed by atoms with Crippen molar-refractivity contribution < 1.29 is 24.2 Å². The van der Waals surface area contributed by atoms with Crippen molar-refractivity contribution >= 4 is 23.4 Å². The van der Waals surface area contributed by atoms with Crippen LogP contribution in [0.25, 0.3) is 0 Å². The lowest BCUT2D eigenvalue weighted by atomic mass is 9.78. The van der Waals surface area contributed by atoms with Crippen molar-refractivity contribution in [2.75, 3.05) is 36.0 Å². The second-order valence-electron chi connectivity index (χ2n) is 9.22. The number of carboxylic acid groups (broad SMARTS) is 1. The highest BCUT2D eigenvalue weighted by molar-refractivity contribution is 5.87. The van der Waals surface area contributed by atoms with Gasteiger partial charge in [0.2, 0.25) is 5.91 Å². The maximum atomic E-state index is 15.0. The minimum absolute atomic E-state index is 0.159. The van der Waals surface area contributed by atoms with E-state index in [-0.39, 0.29) is 30.3 Å². The minimum Gasteiger partial charge on any atom is -0.465 e. The van der Waals surface area contributed by atoms with Crippen LogP contribution in [0, 0.1) is 23.6 Å². The fourth-order valence-electron chi connectivity index (χ4n) is 5.56. The Morgan fingerprint density at radius 1 is 1.25 bits per heavy atom. The van der Waals surface area contributed by atoms with Gasteiger partial charge in [0.05, 0.1) is 29.4 Å². The first-order valence-corrected chi connectivity index (χ1v) is 11.3. The number of rotatable bonds is 4. The third kappa shape index (κ3) is 4.14. The van der Waals surface area contributed by atoms with Crippen LogP contribution in [-0.2, 0) is 4.79 Å². The Bertz CT molecular complexity index is 924. The average Bonchev–Trinajstić information content (AvgIpc) is 3.07.